The van der Waals surface area contributed by atoms with Gasteiger partial charge in [-0.3, -0.25) is 0 Å². The van der Waals surface area contributed by atoms with Crippen LogP contribution in [0, 0.1) is 11.6 Å². The second kappa shape index (κ2) is 4.45. The monoisotopic (exact) mass is 240 g/mol. The molecule has 0 radical (unpaired) electrons. The largest absolute Gasteiger partial charge is 0.501 e. The first kappa shape index (κ1) is 12.0. The number of hydrogen-bond donors (Lipinski definition) is 1. The van der Waals surface area contributed by atoms with Crippen LogP contribution in [0.2, 0.25) is 0 Å². The van der Waals surface area contributed by atoms with Crippen LogP contribution in [-0.2, 0) is 10.3 Å². The molecular formula is C13H14F2O2. The molecule has 2 rings (SSSR count). The summed E-state index contributed by atoms with van der Waals surface area (Å²) in [4.78, 5) is 0. The number of aliphatic hydroxyl groups is 1. The van der Waals surface area contributed by atoms with Crippen molar-refractivity contribution < 1.29 is 18.6 Å². The van der Waals surface area contributed by atoms with Crippen molar-refractivity contribution in [2.45, 2.75) is 25.4 Å². The summed E-state index contributed by atoms with van der Waals surface area (Å²) in [6.45, 7) is 2.04. The zero-order chi connectivity index (χ0) is 12.5. The van der Waals surface area contributed by atoms with Gasteiger partial charge < -0.3 is 9.84 Å². The van der Waals surface area contributed by atoms with E-state index >= 15 is 0 Å². The molecule has 2 nitrogen and oxygen atoms in total. The molecule has 0 spiro atoms. The summed E-state index contributed by atoms with van der Waals surface area (Å²) in [5.74, 6) is -1.97. The van der Waals surface area contributed by atoms with Gasteiger partial charge >= 0.3 is 0 Å². The van der Waals surface area contributed by atoms with Gasteiger partial charge in [0.1, 0.15) is 5.60 Å². The molecule has 0 aliphatic carbocycles. The van der Waals surface area contributed by atoms with Crippen LogP contribution < -0.4 is 0 Å². The first-order chi connectivity index (χ1) is 8.03. The molecule has 0 saturated heterocycles. The van der Waals surface area contributed by atoms with E-state index in [-0.39, 0.29) is 5.56 Å². The Balaban J connectivity index is 2.43. The Hall–Kier alpha value is -1.42. The van der Waals surface area contributed by atoms with Crippen molar-refractivity contribution in [3.05, 3.63) is 47.2 Å². The standard InChI is InChI=1S/C13H14F2O2/c1-13(16,9-4-3-7-17-8-9)10-5-2-6-11(14)12(10)15/h2,5-6,8,16H,3-4,7H2,1H3. The molecule has 1 aliphatic heterocycles. The predicted molar refractivity (Wildman–Crippen MR) is 59.2 cm³/mol. The van der Waals surface area contributed by atoms with E-state index in [1.807, 2.05) is 0 Å². The van der Waals surface area contributed by atoms with Crippen LogP contribution in [0.15, 0.2) is 30.0 Å². The van der Waals surface area contributed by atoms with E-state index in [1.165, 1.54) is 25.3 Å². The van der Waals surface area contributed by atoms with E-state index in [4.69, 9.17) is 4.74 Å². The van der Waals surface area contributed by atoms with Crippen LogP contribution in [0.5, 0.6) is 0 Å². The van der Waals surface area contributed by atoms with Crippen molar-refractivity contribution in [1.82, 2.24) is 0 Å². The fourth-order valence-corrected chi connectivity index (χ4v) is 1.98. The number of rotatable bonds is 2. The smallest absolute Gasteiger partial charge is 0.165 e. The van der Waals surface area contributed by atoms with E-state index in [1.54, 1.807) is 0 Å². The summed E-state index contributed by atoms with van der Waals surface area (Å²) >= 11 is 0. The molecule has 1 unspecified atom stereocenters. The zero-order valence-electron chi connectivity index (χ0n) is 9.54. The van der Waals surface area contributed by atoms with Gasteiger partial charge in [0.05, 0.1) is 12.9 Å². The minimum Gasteiger partial charge on any atom is -0.501 e. The minimum atomic E-state index is -1.54. The number of ether oxygens (including phenoxy) is 1. The Morgan fingerprint density at radius 3 is 2.76 bits per heavy atom. The topological polar surface area (TPSA) is 29.5 Å². The van der Waals surface area contributed by atoms with Gasteiger partial charge in [0.25, 0.3) is 0 Å². The van der Waals surface area contributed by atoms with Crippen LogP contribution in [0.3, 0.4) is 0 Å². The van der Waals surface area contributed by atoms with E-state index in [9.17, 15) is 13.9 Å². The fourth-order valence-electron chi connectivity index (χ4n) is 1.98. The SMILES string of the molecule is CC(O)(C1=COCCC1)c1cccc(F)c1F. The molecule has 0 amide bonds. The quantitative estimate of drug-likeness (QED) is 0.861. The van der Waals surface area contributed by atoms with E-state index in [0.717, 1.165) is 12.5 Å². The Kier molecular flexibility index (Phi) is 3.15. The molecule has 4 heteroatoms. The van der Waals surface area contributed by atoms with Crippen molar-refractivity contribution >= 4 is 0 Å². The maximum atomic E-state index is 13.6. The third-order valence-corrected chi connectivity index (χ3v) is 3.04. The van der Waals surface area contributed by atoms with Gasteiger partial charge in [0, 0.05) is 11.1 Å². The molecule has 1 aromatic rings. The van der Waals surface area contributed by atoms with Crippen LogP contribution >= 0.6 is 0 Å². The third-order valence-electron chi connectivity index (χ3n) is 3.04. The highest BCUT2D eigenvalue weighted by Crippen LogP contribution is 2.35. The highest BCUT2D eigenvalue weighted by Gasteiger charge is 2.33. The van der Waals surface area contributed by atoms with E-state index in [2.05, 4.69) is 0 Å². The molecule has 0 saturated carbocycles. The molecule has 1 aliphatic rings. The molecule has 17 heavy (non-hydrogen) atoms. The summed E-state index contributed by atoms with van der Waals surface area (Å²) in [5, 5.41) is 10.4. The summed E-state index contributed by atoms with van der Waals surface area (Å²) < 4.78 is 31.9. The van der Waals surface area contributed by atoms with Crippen LogP contribution in [0.25, 0.3) is 0 Å². The molecule has 0 bridgehead atoms. The number of benzene rings is 1. The van der Waals surface area contributed by atoms with Crippen LogP contribution in [0.1, 0.15) is 25.3 Å². The normalized spacial score (nSPS) is 19.2. The first-order valence-corrected chi connectivity index (χ1v) is 5.51. The first-order valence-electron chi connectivity index (χ1n) is 5.51. The van der Waals surface area contributed by atoms with E-state index < -0.39 is 17.2 Å². The van der Waals surface area contributed by atoms with Crippen molar-refractivity contribution in [1.29, 1.82) is 0 Å². The van der Waals surface area contributed by atoms with Gasteiger partial charge in [-0.1, -0.05) is 12.1 Å². The molecule has 92 valence electrons. The molecular weight excluding hydrogens is 226 g/mol. The van der Waals surface area contributed by atoms with Gasteiger partial charge in [-0.15, -0.1) is 0 Å². The lowest BCUT2D eigenvalue weighted by atomic mass is 9.85. The highest BCUT2D eigenvalue weighted by atomic mass is 19.2. The Bertz CT molecular complexity index is 453. The summed E-state index contributed by atoms with van der Waals surface area (Å²) in [7, 11) is 0. The van der Waals surface area contributed by atoms with Crippen molar-refractivity contribution in [2.75, 3.05) is 6.61 Å². The molecule has 1 heterocycles. The van der Waals surface area contributed by atoms with Crippen LogP contribution in [0.4, 0.5) is 8.78 Å². The van der Waals surface area contributed by atoms with Gasteiger partial charge in [-0.25, -0.2) is 8.78 Å². The fraction of sp³-hybridized carbons (Fsp3) is 0.385. The van der Waals surface area contributed by atoms with Crippen LogP contribution in [-0.4, -0.2) is 11.7 Å². The molecule has 1 N–H and O–H groups in total. The van der Waals surface area contributed by atoms with Crippen molar-refractivity contribution in [3.8, 4) is 0 Å². The molecule has 1 aromatic carbocycles. The molecule has 0 aromatic heterocycles. The lowest BCUT2D eigenvalue weighted by Crippen LogP contribution is -2.27. The number of halogens is 2. The maximum absolute atomic E-state index is 13.6. The summed E-state index contributed by atoms with van der Waals surface area (Å²) in [5.41, 5.74) is -1.03. The lowest BCUT2D eigenvalue weighted by molar-refractivity contribution is 0.0742. The van der Waals surface area contributed by atoms with Gasteiger partial charge in [-0.05, 0) is 25.8 Å². The minimum absolute atomic E-state index is 0.0609. The summed E-state index contributed by atoms with van der Waals surface area (Å²) in [6, 6.07) is 3.79. The third kappa shape index (κ3) is 2.17. The second-order valence-corrected chi connectivity index (χ2v) is 4.29. The Labute approximate surface area is 98.5 Å². The summed E-state index contributed by atoms with van der Waals surface area (Å²) in [6.07, 6.45) is 2.82. The number of hydrogen-bond acceptors (Lipinski definition) is 2. The van der Waals surface area contributed by atoms with Crippen molar-refractivity contribution in [3.63, 3.8) is 0 Å². The van der Waals surface area contributed by atoms with Gasteiger partial charge in [0.15, 0.2) is 11.6 Å². The molecule has 1 atom stereocenters. The Morgan fingerprint density at radius 1 is 1.35 bits per heavy atom. The van der Waals surface area contributed by atoms with Gasteiger partial charge in [-0.2, -0.15) is 0 Å². The van der Waals surface area contributed by atoms with E-state index in [0.29, 0.717) is 18.6 Å². The Morgan fingerprint density at radius 2 is 2.12 bits per heavy atom. The second-order valence-electron chi connectivity index (χ2n) is 4.29. The predicted octanol–water partition coefficient (Wildman–Crippen LogP) is 2.87. The molecule has 0 fully saturated rings. The average molecular weight is 240 g/mol. The lowest BCUT2D eigenvalue weighted by Gasteiger charge is -2.29. The van der Waals surface area contributed by atoms with Gasteiger partial charge in [0.2, 0.25) is 0 Å². The van der Waals surface area contributed by atoms with Crippen molar-refractivity contribution in [2.24, 2.45) is 0 Å². The maximum Gasteiger partial charge on any atom is 0.165 e. The zero-order valence-corrected chi connectivity index (χ0v) is 9.54. The average Bonchev–Trinajstić information content (AvgIpc) is 2.33. The highest BCUT2D eigenvalue weighted by molar-refractivity contribution is 5.33.